The topological polar surface area (TPSA) is 26.0 Å². The summed E-state index contributed by atoms with van der Waals surface area (Å²) in [6.45, 7) is 2.09. The Morgan fingerprint density at radius 3 is 2.25 bits per heavy atom. The lowest BCUT2D eigenvalue weighted by Gasteiger charge is -2.15. The van der Waals surface area contributed by atoms with Gasteiger partial charge in [0.15, 0.2) is 0 Å². The fraction of sp³-hybridized carbons (Fsp3) is 0.143. The van der Waals surface area contributed by atoms with Gasteiger partial charge < -0.3 is 5.73 Å². The quantitative estimate of drug-likeness (QED) is 0.887. The van der Waals surface area contributed by atoms with Gasteiger partial charge in [0, 0.05) is 4.47 Å². The minimum atomic E-state index is -0.0469. The van der Waals surface area contributed by atoms with E-state index in [1.54, 1.807) is 0 Å². The van der Waals surface area contributed by atoms with E-state index in [-0.39, 0.29) is 6.04 Å². The van der Waals surface area contributed by atoms with Crippen LogP contribution >= 0.6 is 15.9 Å². The molecule has 0 spiro atoms. The zero-order valence-electron chi connectivity index (χ0n) is 9.15. The maximum absolute atomic E-state index is 6.25. The van der Waals surface area contributed by atoms with Crippen molar-refractivity contribution in [2.75, 3.05) is 0 Å². The Kier molecular flexibility index (Phi) is 3.42. The molecule has 0 aromatic heterocycles. The van der Waals surface area contributed by atoms with Crippen molar-refractivity contribution in [1.29, 1.82) is 0 Å². The highest BCUT2D eigenvalue weighted by molar-refractivity contribution is 9.10. The first-order valence-corrected chi connectivity index (χ1v) is 6.04. The van der Waals surface area contributed by atoms with Crippen molar-refractivity contribution in [3.05, 3.63) is 69.7 Å². The van der Waals surface area contributed by atoms with Crippen LogP contribution in [0.1, 0.15) is 22.7 Å². The van der Waals surface area contributed by atoms with E-state index in [2.05, 4.69) is 47.1 Å². The first kappa shape index (κ1) is 11.4. The molecule has 0 heterocycles. The van der Waals surface area contributed by atoms with E-state index in [0.717, 1.165) is 10.0 Å². The zero-order valence-corrected chi connectivity index (χ0v) is 10.7. The van der Waals surface area contributed by atoms with Gasteiger partial charge in [-0.3, -0.25) is 0 Å². The van der Waals surface area contributed by atoms with Gasteiger partial charge in [-0.1, -0.05) is 52.3 Å². The standard InChI is InChI=1S/C14H14BrN/c1-10-4-2-3-5-13(10)14(16)11-6-8-12(15)9-7-11/h2-9,14H,16H2,1H3. The molecule has 2 heteroatoms. The second kappa shape index (κ2) is 4.81. The Balaban J connectivity index is 2.35. The number of benzene rings is 2. The summed E-state index contributed by atoms with van der Waals surface area (Å²) in [4.78, 5) is 0. The minimum absolute atomic E-state index is 0.0469. The average molecular weight is 276 g/mol. The summed E-state index contributed by atoms with van der Waals surface area (Å²) in [5.41, 5.74) is 9.81. The van der Waals surface area contributed by atoms with Crippen molar-refractivity contribution >= 4 is 15.9 Å². The molecule has 0 aliphatic carbocycles. The van der Waals surface area contributed by atoms with Crippen molar-refractivity contribution in [2.24, 2.45) is 5.73 Å². The van der Waals surface area contributed by atoms with E-state index < -0.39 is 0 Å². The van der Waals surface area contributed by atoms with Gasteiger partial charge in [0.1, 0.15) is 0 Å². The normalized spacial score (nSPS) is 12.4. The molecule has 2 aromatic rings. The van der Waals surface area contributed by atoms with E-state index in [1.165, 1.54) is 11.1 Å². The van der Waals surface area contributed by atoms with E-state index in [1.807, 2.05) is 24.3 Å². The van der Waals surface area contributed by atoms with E-state index >= 15 is 0 Å². The summed E-state index contributed by atoms with van der Waals surface area (Å²) < 4.78 is 1.08. The molecule has 0 bridgehead atoms. The molecule has 1 atom stereocenters. The Morgan fingerprint density at radius 2 is 1.62 bits per heavy atom. The van der Waals surface area contributed by atoms with Gasteiger partial charge in [0.05, 0.1) is 6.04 Å². The maximum Gasteiger partial charge on any atom is 0.0554 e. The van der Waals surface area contributed by atoms with Crippen molar-refractivity contribution in [1.82, 2.24) is 0 Å². The molecule has 82 valence electrons. The summed E-state index contributed by atoms with van der Waals surface area (Å²) in [6, 6.07) is 16.3. The van der Waals surface area contributed by atoms with Crippen molar-refractivity contribution in [3.63, 3.8) is 0 Å². The van der Waals surface area contributed by atoms with Crippen LogP contribution in [0, 0.1) is 6.92 Å². The van der Waals surface area contributed by atoms with Crippen LogP contribution in [0.25, 0.3) is 0 Å². The number of aryl methyl sites for hydroxylation is 1. The van der Waals surface area contributed by atoms with Crippen molar-refractivity contribution < 1.29 is 0 Å². The second-order valence-corrected chi connectivity index (χ2v) is 4.80. The smallest absolute Gasteiger partial charge is 0.0554 e. The largest absolute Gasteiger partial charge is 0.320 e. The summed E-state index contributed by atoms with van der Waals surface area (Å²) in [7, 11) is 0. The molecular weight excluding hydrogens is 262 g/mol. The number of halogens is 1. The summed E-state index contributed by atoms with van der Waals surface area (Å²) in [6.07, 6.45) is 0. The third kappa shape index (κ3) is 2.34. The molecule has 0 aliphatic rings. The number of hydrogen-bond acceptors (Lipinski definition) is 1. The molecule has 0 radical (unpaired) electrons. The predicted octanol–water partition coefficient (Wildman–Crippen LogP) is 3.81. The van der Waals surface area contributed by atoms with Gasteiger partial charge >= 0.3 is 0 Å². The average Bonchev–Trinajstić information content (AvgIpc) is 2.30. The predicted molar refractivity (Wildman–Crippen MR) is 71.4 cm³/mol. The first-order valence-electron chi connectivity index (χ1n) is 5.25. The highest BCUT2D eigenvalue weighted by Gasteiger charge is 2.10. The van der Waals surface area contributed by atoms with Crippen LogP contribution in [0.4, 0.5) is 0 Å². The molecule has 0 saturated heterocycles. The van der Waals surface area contributed by atoms with Crippen LogP contribution in [-0.2, 0) is 0 Å². The summed E-state index contributed by atoms with van der Waals surface area (Å²) in [5.74, 6) is 0. The summed E-state index contributed by atoms with van der Waals surface area (Å²) in [5, 5.41) is 0. The van der Waals surface area contributed by atoms with Gasteiger partial charge in [-0.05, 0) is 35.7 Å². The molecule has 2 aromatic carbocycles. The highest BCUT2D eigenvalue weighted by atomic mass is 79.9. The van der Waals surface area contributed by atoms with Crippen LogP contribution in [-0.4, -0.2) is 0 Å². The molecular formula is C14H14BrN. The van der Waals surface area contributed by atoms with E-state index in [9.17, 15) is 0 Å². The van der Waals surface area contributed by atoms with E-state index in [0.29, 0.717) is 0 Å². The Morgan fingerprint density at radius 1 is 1.00 bits per heavy atom. The lowest BCUT2D eigenvalue weighted by Crippen LogP contribution is -2.12. The van der Waals surface area contributed by atoms with Crippen molar-refractivity contribution in [2.45, 2.75) is 13.0 Å². The van der Waals surface area contributed by atoms with Gasteiger partial charge in [-0.2, -0.15) is 0 Å². The number of hydrogen-bond donors (Lipinski definition) is 1. The first-order chi connectivity index (χ1) is 7.68. The molecule has 16 heavy (non-hydrogen) atoms. The van der Waals surface area contributed by atoms with Crippen molar-refractivity contribution in [3.8, 4) is 0 Å². The minimum Gasteiger partial charge on any atom is -0.320 e. The van der Waals surface area contributed by atoms with Gasteiger partial charge in [0.2, 0.25) is 0 Å². The lowest BCUT2D eigenvalue weighted by molar-refractivity contribution is 0.861. The fourth-order valence-electron chi connectivity index (χ4n) is 1.79. The Bertz CT molecular complexity index is 476. The Labute approximate surface area is 104 Å². The van der Waals surface area contributed by atoms with Crippen LogP contribution in [0.5, 0.6) is 0 Å². The summed E-state index contributed by atoms with van der Waals surface area (Å²) >= 11 is 3.42. The third-order valence-corrected chi connectivity index (χ3v) is 3.28. The highest BCUT2D eigenvalue weighted by Crippen LogP contribution is 2.23. The van der Waals surface area contributed by atoms with E-state index in [4.69, 9.17) is 5.73 Å². The van der Waals surface area contributed by atoms with Crippen LogP contribution in [0.2, 0.25) is 0 Å². The molecule has 2 rings (SSSR count). The van der Waals surface area contributed by atoms with Gasteiger partial charge in [-0.25, -0.2) is 0 Å². The molecule has 2 N–H and O–H groups in total. The monoisotopic (exact) mass is 275 g/mol. The molecule has 1 unspecified atom stereocenters. The SMILES string of the molecule is Cc1ccccc1C(N)c1ccc(Br)cc1. The molecule has 0 fully saturated rings. The van der Waals surface area contributed by atoms with Crippen LogP contribution in [0.3, 0.4) is 0 Å². The zero-order chi connectivity index (χ0) is 11.5. The van der Waals surface area contributed by atoms with Crippen LogP contribution in [0.15, 0.2) is 53.0 Å². The molecule has 0 saturated carbocycles. The second-order valence-electron chi connectivity index (χ2n) is 3.89. The number of rotatable bonds is 2. The van der Waals surface area contributed by atoms with Crippen LogP contribution < -0.4 is 5.73 Å². The fourth-order valence-corrected chi connectivity index (χ4v) is 2.05. The molecule has 0 aliphatic heterocycles. The third-order valence-electron chi connectivity index (χ3n) is 2.75. The Hall–Kier alpha value is -1.12. The maximum atomic E-state index is 6.25. The lowest BCUT2D eigenvalue weighted by atomic mass is 9.96. The van der Waals surface area contributed by atoms with Gasteiger partial charge in [0.25, 0.3) is 0 Å². The number of nitrogens with two attached hydrogens (primary N) is 1. The molecule has 1 nitrogen and oxygen atoms in total. The van der Waals surface area contributed by atoms with Gasteiger partial charge in [-0.15, -0.1) is 0 Å². The molecule has 0 amide bonds.